The van der Waals surface area contributed by atoms with Gasteiger partial charge in [0.1, 0.15) is 11.6 Å². The van der Waals surface area contributed by atoms with E-state index in [1.807, 2.05) is 0 Å². The molecule has 4 unspecified atom stereocenters. The van der Waals surface area contributed by atoms with Crippen molar-refractivity contribution < 1.29 is 0 Å². The molecule has 1 aromatic rings. The van der Waals surface area contributed by atoms with Gasteiger partial charge in [-0.1, -0.05) is 0 Å². The lowest BCUT2D eigenvalue weighted by Gasteiger charge is -2.27. The van der Waals surface area contributed by atoms with Crippen LogP contribution in [0.25, 0.3) is 0 Å². The van der Waals surface area contributed by atoms with Crippen molar-refractivity contribution in [2.45, 2.75) is 50.6 Å². The van der Waals surface area contributed by atoms with E-state index in [9.17, 15) is 0 Å². The topological polar surface area (TPSA) is 56.7 Å². The van der Waals surface area contributed by atoms with Crippen molar-refractivity contribution in [3.05, 3.63) is 11.6 Å². The zero-order chi connectivity index (χ0) is 10.7. The molecule has 1 aromatic heterocycles. The molecule has 2 heterocycles. The summed E-state index contributed by atoms with van der Waals surface area (Å²) in [6.45, 7) is 1.11. The molecule has 2 N–H and O–H groups in total. The van der Waals surface area contributed by atoms with E-state index in [2.05, 4.69) is 14.8 Å². The number of aromatic nitrogens is 3. The van der Waals surface area contributed by atoms with Crippen LogP contribution in [0, 0.1) is 11.8 Å². The number of fused-ring (bicyclic) bond motifs is 3. The molecule has 4 heteroatoms. The molecule has 0 aromatic carbocycles. The van der Waals surface area contributed by atoms with Gasteiger partial charge in [0.05, 0.1) is 0 Å². The zero-order valence-corrected chi connectivity index (χ0v) is 9.47. The normalized spacial score (nSPS) is 40.6. The Labute approximate surface area is 95.2 Å². The van der Waals surface area contributed by atoms with Gasteiger partial charge in [-0.15, -0.1) is 10.2 Å². The minimum atomic E-state index is 0.340. The number of nitrogens with two attached hydrogens (primary N) is 1. The van der Waals surface area contributed by atoms with E-state index in [0.29, 0.717) is 12.0 Å². The molecular weight excluding hydrogens is 200 g/mol. The second-order valence-electron chi connectivity index (χ2n) is 5.67. The Morgan fingerprint density at radius 1 is 1.19 bits per heavy atom. The van der Waals surface area contributed by atoms with Gasteiger partial charge in [-0.2, -0.15) is 0 Å². The Morgan fingerprint density at radius 2 is 2.06 bits per heavy atom. The number of rotatable bonds is 1. The van der Waals surface area contributed by atoms with Crippen LogP contribution in [0.4, 0.5) is 0 Å². The molecule has 4 atom stereocenters. The molecular formula is C12H18N4. The summed E-state index contributed by atoms with van der Waals surface area (Å²) in [4.78, 5) is 0. The van der Waals surface area contributed by atoms with Gasteiger partial charge in [0.15, 0.2) is 0 Å². The van der Waals surface area contributed by atoms with Crippen LogP contribution in [0.1, 0.15) is 43.3 Å². The smallest absolute Gasteiger partial charge is 0.137 e. The van der Waals surface area contributed by atoms with E-state index >= 15 is 0 Å². The SMILES string of the molecule is NC1C2CCC(C2)C1c1nnc2n1CCC2. The Hall–Kier alpha value is -0.900. The van der Waals surface area contributed by atoms with E-state index in [1.165, 1.54) is 37.3 Å². The first kappa shape index (κ1) is 9.16. The fourth-order valence-electron chi connectivity index (χ4n) is 4.14. The zero-order valence-electron chi connectivity index (χ0n) is 9.47. The van der Waals surface area contributed by atoms with Crippen LogP contribution >= 0.6 is 0 Å². The third-order valence-corrected chi connectivity index (χ3v) is 4.92. The molecule has 16 heavy (non-hydrogen) atoms. The number of hydrogen-bond acceptors (Lipinski definition) is 3. The average Bonchev–Trinajstić information content (AvgIpc) is 2.94. The lowest BCUT2D eigenvalue weighted by atomic mass is 9.84. The van der Waals surface area contributed by atoms with Crippen LogP contribution in [0.15, 0.2) is 0 Å². The largest absolute Gasteiger partial charge is 0.327 e. The van der Waals surface area contributed by atoms with Crippen LogP contribution in [0.2, 0.25) is 0 Å². The first-order valence-corrected chi connectivity index (χ1v) is 6.52. The summed E-state index contributed by atoms with van der Waals surface area (Å²) >= 11 is 0. The number of hydrogen-bond donors (Lipinski definition) is 1. The molecule has 0 amide bonds. The number of aryl methyl sites for hydroxylation is 1. The summed E-state index contributed by atoms with van der Waals surface area (Å²) in [6.07, 6.45) is 6.35. The lowest BCUT2D eigenvalue weighted by molar-refractivity contribution is 0.346. The van der Waals surface area contributed by atoms with Gasteiger partial charge in [0, 0.05) is 24.9 Å². The summed E-state index contributed by atoms with van der Waals surface area (Å²) < 4.78 is 2.34. The average molecular weight is 218 g/mol. The van der Waals surface area contributed by atoms with Gasteiger partial charge >= 0.3 is 0 Å². The Bertz CT molecular complexity index is 423. The van der Waals surface area contributed by atoms with Gasteiger partial charge in [-0.05, 0) is 37.5 Å². The molecule has 0 saturated heterocycles. The predicted molar refractivity (Wildman–Crippen MR) is 59.9 cm³/mol. The standard InChI is InChI=1S/C12H18N4/c13-11-8-4-3-7(6-8)10(11)12-15-14-9-2-1-5-16(9)12/h7-8,10-11H,1-6,13H2. The van der Waals surface area contributed by atoms with Crippen LogP contribution in [-0.2, 0) is 13.0 Å². The van der Waals surface area contributed by atoms with Gasteiger partial charge in [-0.25, -0.2) is 0 Å². The highest BCUT2D eigenvalue weighted by molar-refractivity contribution is 5.16. The van der Waals surface area contributed by atoms with Crippen molar-refractivity contribution in [3.8, 4) is 0 Å². The maximum atomic E-state index is 6.37. The summed E-state index contributed by atoms with van der Waals surface area (Å²) in [5.74, 6) is 4.42. The fourth-order valence-corrected chi connectivity index (χ4v) is 4.14. The Kier molecular flexibility index (Phi) is 1.76. The summed E-state index contributed by atoms with van der Waals surface area (Å²) in [5, 5.41) is 8.74. The molecule has 2 fully saturated rings. The van der Waals surface area contributed by atoms with Crippen molar-refractivity contribution in [1.29, 1.82) is 0 Å². The van der Waals surface area contributed by atoms with Crippen LogP contribution in [-0.4, -0.2) is 20.8 Å². The van der Waals surface area contributed by atoms with Gasteiger partial charge in [0.2, 0.25) is 0 Å². The second kappa shape index (κ2) is 3.06. The van der Waals surface area contributed by atoms with Crippen molar-refractivity contribution in [2.75, 3.05) is 0 Å². The Balaban J connectivity index is 1.75. The third kappa shape index (κ3) is 1.03. The maximum Gasteiger partial charge on any atom is 0.137 e. The minimum Gasteiger partial charge on any atom is -0.327 e. The Morgan fingerprint density at radius 3 is 2.88 bits per heavy atom. The molecule has 2 bridgehead atoms. The minimum absolute atomic E-state index is 0.340. The fraction of sp³-hybridized carbons (Fsp3) is 0.833. The van der Waals surface area contributed by atoms with Crippen LogP contribution in [0.5, 0.6) is 0 Å². The monoisotopic (exact) mass is 218 g/mol. The molecule has 4 nitrogen and oxygen atoms in total. The van der Waals surface area contributed by atoms with Crippen molar-refractivity contribution >= 4 is 0 Å². The lowest BCUT2D eigenvalue weighted by Crippen LogP contribution is -2.35. The predicted octanol–water partition coefficient (Wildman–Crippen LogP) is 1.07. The van der Waals surface area contributed by atoms with Crippen LogP contribution in [0.3, 0.4) is 0 Å². The van der Waals surface area contributed by atoms with Crippen LogP contribution < -0.4 is 5.73 Å². The highest BCUT2D eigenvalue weighted by Gasteiger charge is 2.48. The van der Waals surface area contributed by atoms with E-state index in [4.69, 9.17) is 5.73 Å². The first-order chi connectivity index (χ1) is 7.84. The second-order valence-corrected chi connectivity index (χ2v) is 5.67. The van der Waals surface area contributed by atoms with Gasteiger partial charge in [-0.3, -0.25) is 0 Å². The molecule has 86 valence electrons. The summed E-state index contributed by atoms with van der Waals surface area (Å²) in [6, 6.07) is 0.340. The molecule has 2 saturated carbocycles. The molecule has 3 aliphatic rings. The molecule has 1 aliphatic heterocycles. The molecule has 0 radical (unpaired) electrons. The first-order valence-electron chi connectivity index (χ1n) is 6.52. The summed E-state index contributed by atoms with van der Waals surface area (Å²) in [5.41, 5.74) is 6.37. The van der Waals surface area contributed by atoms with E-state index in [0.717, 1.165) is 24.8 Å². The van der Waals surface area contributed by atoms with E-state index < -0.39 is 0 Å². The van der Waals surface area contributed by atoms with Crippen molar-refractivity contribution in [1.82, 2.24) is 14.8 Å². The molecule has 2 aliphatic carbocycles. The maximum absolute atomic E-state index is 6.37. The van der Waals surface area contributed by atoms with Crippen molar-refractivity contribution in [2.24, 2.45) is 17.6 Å². The highest BCUT2D eigenvalue weighted by atomic mass is 15.3. The van der Waals surface area contributed by atoms with Gasteiger partial charge in [0.25, 0.3) is 0 Å². The molecule has 0 spiro atoms. The third-order valence-electron chi connectivity index (χ3n) is 4.92. The van der Waals surface area contributed by atoms with E-state index in [-0.39, 0.29) is 0 Å². The van der Waals surface area contributed by atoms with Gasteiger partial charge < -0.3 is 10.3 Å². The van der Waals surface area contributed by atoms with E-state index in [1.54, 1.807) is 0 Å². The summed E-state index contributed by atoms with van der Waals surface area (Å²) in [7, 11) is 0. The van der Waals surface area contributed by atoms with Crippen molar-refractivity contribution in [3.63, 3.8) is 0 Å². The number of nitrogens with zero attached hydrogens (tertiary/aromatic N) is 3. The molecule has 4 rings (SSSR count). The quantitative estimate of drug-likeness (QED) is 0.767. The highest BCUT2D eigenvalue weighted by Crippen LogP contribution is 2.51.